The van der Waals surface area contributed by atoms with E-state index < -0.39 is 11.7 Å². The Bertz CT molecular complexity index is 149. The third kappa shape index (κ3) is 2.01. The lowest BCUT2D eigenvalue weighted by Gasteiger charge is -2.19. The molecule has 11 heavy (non-hydrogen) atoms. The third-order valence-electron chi connectivity index (χ3n) is 2.06. The van der Waals surface area contributed by atoms with Crippen LogP contribution in [0.15, 0.2) is 0 Å². The molecular formula is C8H14O3. The van der Waals surface area contributed by atoms with Gasteiger partial charge in [-0.25, -0.2) is 0 Å². The summed E-state index contributed by atoms with van der Waals surface area (Å²) in [4.78, 5) is 10.4. The molecule has 1 saturated carbocycles. The van der Waals surface area contributed by atoms with Gasteiger partial charge in [-0.05, 0) is 26.7 Å². The Kier molecular flexibility index (Phi) is 2.30. The summed E-state index contributed by atoms with van der Waals surface area (Å²) in [5, 5.41) is 9.07. The van der Waals surface area contributed by atoms with Crippen LogP contribution >= 0.6 is 0 Å². The lowest BCUT2D eigenvalue weighted by atomic mass is 10.2. The highest BCUT2D eigenvalue weighted by atomic mass is 16.5. The van der Waals surface area contributed by atoms with Crippen LogP contribution in [-0.2, 0) is 9.53 Å². The Morgan fingerprint density at radius 3 is 2.36 bits per heavy atom. The van der Waals surface area contributed by atoms with Gasteiger partial charge in [0.05, 0.1) is 12.2 Å². The molecule has 1 aliphatic carbocycles. The molecule has 1 N–H and O–H groups in total. The second kappa shape index (κ2) is 2.91. The van der Waals surface area contributed by atoms with Gasteiger partial charge in [-0.3, -0.25) is 0 Å². The van der Waals surface area contributed by atoms with Crippen molar-refractivity contribution in [3.8, 4) is 0 Å². The van der Waals surface area contributed by atoms with Crippen molar-refractivity contribution >= 4 is 6.29 Å². The summed E-state index contributed by atoms with van der Waals surface area (Å²) in [6, 6.07) is 0. The molecule has 2 atom stereocenters. The molecule has 0 bridgehead atoms. The summed E-state index contributed by atoms with van der Waals surface area (Å²) in [6.07, 6.45) is 1.68. The van der Waals surface area contributed by atoms with Crippen LogP contribution in [-0.4, -0.2) is 29.2 Å². The van der Waals surface area contributed by atoms with Crippen LogP contribution in [0.4, 0.5) is 0 Å². The minimum atomic E-state index is -0.545. The first kappa shape index (κ1) is 8.68. The molecule has 1 aliphatic rings. The predicted octanol–water partition coefficient (Wildman–Crippen LogP) is 0.504. The van der Waals surface area contributed by atoms with Crippen LogP contribution in [0.3, 0.4) is 0 Å². The van der Waals surface area contributed by atoms with Crippen LogP contribution in [0.1, 0.15) is 26.7 Å². The summed E-state index contributed by atoms with van der Waals surface area (Å²) in [5.41, 5.74) is -0.545. The molecule has 1 rings (SSSR count). The molecule has 0 aromatic carbocycles. The molecule has 2 unspecified atom stereocenters. The maximum absolute atomic E-state index is 10.4. The van der Waals surface area contributed by atoms with E-state index in [0.29, 0.717) is 0 Å². The predicted molar refractivity (Wildman–Crippen MR) is 40.3 cm³/mol. The number of carbonyl (C=O) groups is 1. The normalized spacial score (nSPS) is 25.7. The highest BCUT2D eigenvalue weighted by Gasteiger charge is 2.45. The summed E-state index contributed by atoms with van der Waals surface area (Å²) >= 11 is 0. The van der Waals surface area contributed by atoms with Gasteiger partial charge >= 0.3 is 0 Å². The third-order valence-corrected chi connectivity index (χ3v) is 2.06. The lowest BCUT2D eigenvalue weighted by molar-refractivity contribution is -0.130. The molecule has 64 valence electrons. The number of aliphatic hydroxyl groups is 1. The average molecular weight is 158 g/mol. The van der Waals surface area contributed by atoms with E-state index in [-0.39, 0.29) is 6.10 Å². The smallest absolute Gasteiger partial charge is 0.151 e. The van der Waals surface area contributed by atoms with E-state index in [4.69, 9.17) is 9.84 Å². The summed E-state index contributed by atoms with van der Waals surface area (Å²) in [7, 11) is 0. The van der Waals surface area contributed by atoms with E-state index in [0.717, 1.165) is 19.1 Å². The zero-order valence-corrected chi connectivity index (χ0v) is 6.91. The molecule has 0 aromatic heterocycles. The van der Waals surface area contributed by atoms with Crippen molar-refractivity contribution in [3.05, 3.63) is 0 Å². The van der Waals surface area contributed by atoms with Crippen LogP contribution in [0.25, 0.3) is 0 Å². The molecule has 0 aromatic rings. The van der Waals surface area contributed by atoms with Crippen molar-refractivity contribution in [2.24, 2.45) is 0 Å². The monoisotopic (exact) mass is 158 g/mol. The fourth-order valence-corrected chi connectivity index (χ4v) is 0.855. The van der Waals surface area contributed by atoms with E-state index >= 15 is 0 Å². The Morgan fingerprint density at radius 1 is 1.55 bits per heavy atom. The average Bonchev–Trinajstić information content (AvgIpc) is 2.69. The molecule has 0 spiro atoms. The van der Waals surface area contributed by atoms with E-state index in [9.17, 15) is 4.79 Å². The fourth-order valence-electron chi connectivity index (χ4n) is 0.855. The number of hydrogen-bond donors (Lipinski definition) is 1. The highest BCUT2D eigenvalue weighted by molar-refractivity contribution is 5.66. The molecule has 1 fully saturated rings. The van der Waals surface area contributed by atoms with Crippen LogP contribution < -0.4 is 0 Å². The molecule has 3 heteroatoms. The maximum atomic E-state index is 10.4. The van der Waals surface area contributed by atoms with Crippen molar-refractivity contribution in [3.63, 3.8) is 0 Å². The zero-order chi connectivity index (χ0) is 8.48. The Labute approximate surface area is 66.4 Å². The topological polar surface area (TPSA) is 46.5 Å². The Hall–Kier alpha value is -0.410. The number of hydrogen-bond acceptors (Lipinski definition) is 3. The standard InChI is InChI=1S/C8H14O3/c1-6(10)7(2)11-8(5-9)3-4-8/h5-7,10H,3-4H2,1-2H3. The molecule has 0 saturated heterocycles. The highest BCUT2D eigenvalue weighted by Crippen LogP contribution is 2.38. The van der Waals surface area contributed by atoms with Crippen LogP contribution in [0.2, 0.25) is 0 Å². The molecule has 0 radical (unpaired) electrons. The van der Waals surface area contributed by atoms with Crippen molar-refractivity contribution in [1.29, 1.82) is 0 Å². The SMILES string of the molecule is CC(O)C(C)OC1(C=O)CC1. The van der Waals surface area contributed by atoms with Gasteiger partial charge in [0, 0.05) is 0 Å². The Balaban J connectivity index is 2.35. The van der Waals surface area contributed by atoms with E-state index in [1.807, 2.05) is 0 Å². The first-order chi connectivity index (χ1) is 5.09. The molecule has 0 heterocycles. The molecule has 0 amide bonds. The second-order valence-electron chi connectivity index (χ2n) is 3.25. The van der Waals surface area contributed by atoms with Gasteiger partial charge < -0.3 is 14.6 Å². The fraction of sp³-hybridized carbons (Fsp3) is 0.875. The maximum Gasteiger partial charge on any atom is 0.151 e. The summed E-state index contributed by atoms with van der Waals surface area (Å²) in [5.74, 6) is 0. The minimum absolute atomic E-state index is 0.248. The molecule has 0 aliphatic heterocycles. The van der Waals surface area contributed by atoms with Gasteiger partial charge in [0.25, 0.3) is 0 Å². The van der Waals surface area contributed by atoms with Crippen LogP contribution in [0, 0.1) is 0 Å². The van der Waals surface area contributed by atoms with Crippen molar-refractivity contribution in [2.45, 2.75) is 44.5 Å². The summed E-state index contributed by atoms with van der Waals surface area (Å²) < 4.78 is 5.34. The quantitative estimate of drug-likeness (QED) is 0.606. The number of rotatable bonds is 4. The molecular weight excluding hydrogens is 144 g/mol. The first-order valence-corrected chi connectivity index (χ1v) is 3.92. The first-order valence-electron chi connectivity index (χ1n) is 3.92. The zero-order valence-electron chi connectivity index (χ0n) is 6.91. The van der Waals surface area contributed by atoms with Gasteiger partial charge in [0.15, 0.2) is 6.29 Å². The van der Waals surface area contributed by atoms with Crippen molar-refractivity contribution in [2.75, 3.05) is 0 Å². The van der Waals surface area contributed by atoms with E-state index in [1.165, 1.54) is 0 Å². The van der Waals surface area contributed by atoms with Gasteiger partial charge in [-0.1, -0.05) is 0 Å². The van der Waals surface area contributed by atoms with Gasteiger partial charge in [0.1, 0.15) is 5.60 Å². The molecule has 3 nitrogen and oxygen atoms in total. The van der Waals surface area contributed by atoms with Gasteiger partial charge in [-0.2, -0.15) is 0 Å². The number of ether oxygens (including phenoxy) is 1. The largest absolute Gasteiger partial charge is 0.391 e. The second-order valence-corrected chi connectivity index (χ2v) is 3.25. The van der Waals surface area contributed by atoms with E-state index in [2.05, 4.69) is 0 Å². The number of aliphatic hydroxyl groups excluding tert-OH is 1. The van der Waals surface area contributed by atoms with Crippen LogP contribution in [0.5, 0.6) is 0 Å². The lowest BCUT2D eigenvalue weighted by Crippen LogP contribution is -2.30. The summed E-state index contributed by atoms with van der Waals surface area (Å²) in [6.45, 7) is 3.43. The number of carbonyl (C=O) groups excluding carboxylic acids is 1. The Morgan fingerprint density at radius 2 is 2.09 bits per heavy atom. The van der Waals surface area contributed by atoms with Gasteiger partial charge in [-0.15, -0.1) is 0 Å². The van der Waals surface area contributed by atoms with E-state index in [1.54, 1.807) is 13.8 Å². The number of aldehydes is 1. The van der Waals surface area contributed by atoms with Crippen molar-refractivity contribution < 1.29 is 14.6 Å². The van der Waals surface area contributed by atoms with Crippen molar-refractivity contribution in [1.82, 2.24) is 0 Å². The minimum Gasteiger partial charge on any atom is -0.391 e. The van der Waals surface area contributed by atoms with Gasteiger partial charge in [0.2, 0.25) is 0 Å².